The normalized spacial score (nSPS) is 28.2. The van der Waals surface area contributed by atoms with E-state index in [1.807, 2.05) is 0 Å². The van der Waals surface area contributed by atoms with Gasteiger partial charge < -0.3 is 10.1 Å². The zero-order valence-electron chi connectivity index (χ0n) is 4.18. The van der Waals surface area contributed by atoms with E-state index in [1.165, 1.54) is 0 Å². The van der Waals surface area contributed by atoms with Crippen molar-refractivity contribution in [3.8, 4) is 0 Å². The first kappa shape index (κ1) is 5.34. The van der Waals surface area contributed by atoms with Gasteiger partial charge in [-0.15, -0.1) is 0 Å². The second-order valence-electron chi connectivity index (χ2n) is 1.61. The molecular weight excluding hydrogens is 105 g/mol. The van der Waals surface area contributed by atoms with Crippen LogP contribution in [-0.2, 0) is 9.53 Å². The number of nitrogens with one attached hydrogen (secondary N) is 1. The van der Waals surface area contributed by atoms with E-state index in [2.05, 4.69) is 4.74 Å². The number of cyclic esters (lactones) is 1. The highest BCUT2D eigenvalue weighted by molar-refractivity contribution is 6.38. The first-order valence-corrected chi connectivity index (χ1v) is 2.21. The molecule has 1 N–H and O–H groups in total. The van der Waals surface area contributed by atoms with E-state index < -0.39 is 11.8 Å². The molecule has 1 atom stereocenters. The molecule has 1 rings (SSSR count). The Morgan fingerprint density at radius 1 is 1.88 bits per heavy atom. The molecule has 0 saturated carbocycles. The highest BCUT2D eigenvalue weighted by Gasteiger charge is 2.26. The Morgan fingerprint density at radius 2 is 2.50 bits per heavy atom. The minimum Gasteiger partial charge on any atom is -0.460 e. The van der Waals surface area contributed by atoms with Gasteiger partial charge in [0.25, 0.3) is 0 Å². The van der Waals surface area contributed by atoms with Crippen molar-refractivity contribution in [1.29, 1.82) is 5.41 Å². The maximum atomic E-state index is 10.3. The van der Waals surface area contributed by atoms with E-state index in [0.717, 1.165) is 0 Å². The van der Waals surface area contributed by atoms with Crippen LogP contribution in [0.5, 0.6) is 0 Å². The number of carbonyl (C=O) groups is 1. The fourth-order valence-electron chi connectivity index (χ4n) is 0.471. The molecule has 0 bridgehead atoms. The van der Waals surface area contributed by atoms with Crippen LogP contribution in [0.2, 0.25) is 5.82 Å². The summed E-state index contributed by atoms with van der Waals surface area (Å²) in [5.41, 5.74) is 0.162. The zero-order chi connectivity index (χ0) is 6.15. The maximum absolute atomic E-state index is 10.3. The van der Waals surface area contributed by atoms with Crippen LogP contribution in [0.15, 0.2) is 0 Å². The van der Waals surface area contributed by atoms with Crippen molar-refractivity contribution < 1.29 is 9.53 Å². The maximum Gasteiger partial charge on any atom is 0.306 e. The van der Waals surface area contributed by atoms with Gasteiger partial charge in [-0.3, -0.25) is 4.79 Å². The standard InChI is InChI=1S/C4H4BNO2/c5-3-2(6)1-8-4(3)7/h3,6H,1H2. The van der Waals surface area contributed by atoms with E-state index in [9.17, 15) is 4.79 Å². The van der Waals surface area contributed by atoms with Crippen molar-refractivity contribution in [2.24, 2.45) is 0 Å². The van der Waals surface area contributed by atoms with Gasteiger partial charge in [-0.2, -0.15) is 0 Å². The Hall–Kier alpha value is -0.795. The minimum atomic E-state index is -0.796. The van der Waals surface area contributed by atoms with Crippen molar-refractivity contribution in [1.82, 2.24) is 0 Å². The first-order valence-electron chi connectivity index (χ1n) is 2.21. The Balaban J connectivity index is 2.70. The van der Waals surface area contributed by atoms with Crippen LogP contribution >= 0.6 is 0 Å². The van der Waals surface area contributed by atoms with Gasteiger partial charge in [0.05, 0.1) is 19.4 Å². The summed E-state index contributed by atoms with van der Waals surface area (Å²) in [6, 6.07) is 0. The molecular formula is C4H4BNO2. The quantitative estimate of drug-likeness (QED) is 0.337. The summed E-state index contributed by atoms with van der Waals surface area (Å²) in [5.74, 6) is -1.29. The van der Waals surface area contributed by atoms with Crippen LogP contribution in [0.25, 0.3) is 0 Å². The molecule has 1 aliphatic heterocycles. The lowest BCUT2D eigenvalue weighted by Gasteiger charge is -1.89. The SMILES string of the molecule is [B]C1C(=N)COC1=O. The summed E-state index contributed by atoms with van der Waals surface area (Å²) in [6.07, 6.45) is 0. The summed E-state index contributed by atoms with van der Waals surface area (Å²) in [7, 11) is 5.12. The third kappa shape index (κ3) is 0.618. The van der Waals surface area contributed by atoms with E-state index in [4.69, 9.17) is 13.3 Å². The number of hydrogen-bond donors (Lipinski definition) is 1. The lowest BCUT2D eigenvalue weighted by atomic mass is 9.85. The van der Waals surface area contributed by atoms with Crippen LogP contribution in [-0.4, -0.2) is 26.1 Å². The molecule has 0 spiro atoms. The number of hydrogen-bond acceptors (Lipinski definition) is 3. The Bertz CT molecular complexity index is 129. The van der Waals surface area contributed by atoms with Crippen molar-refractivity contribution in [2.45, 2.75) is 5.82 Å². The summed E-state index contributed by atoms with van der Waals surface area (Å²) < 4.78 is 4.39. The zero-order valence-corrected chi connectivity index (χ0v) is 4.18. The van der Waals surface area contributed by atoms with E-state index in [1.54, 1.807) is 0 Å². The van der Waals surface area contributed by atoms with Crippen molar-refractivity contribution >= 4 is 19.5 Å². The summed E-state index contributed by atoms with van der Waals surface area (Å²) >= 11 is 0. The highest BCUT2D eigenvalue weighted by Crippen LogP contribution is 2.11. The fourth-order valence-corrected chi connectivity index (χ4v) is 0.471. The van der Waals surface area contributed by atoms with Crippen LogP contribution in [0, 0.1) is 5.41 Å². The molecule has 1 heterocycles. The molecule has 0 amide bonds. The van der Waals surface area contributed by atoms with Crippen molar-refractivity contribution in [3.63, 3.8) is 0 Å². The largest absolute Gasteiger partial charge is 0.460 e. The van der Waals surface area contributed by atoms with Gasteiger partial charge in [0, 0.05) is 0 Å². The molecule has 1 aliphatic rings. The first-order chi connectivity index (χ1) is 3.72. The van der Waals surface area contributed by atoms with Crippen LogP contribution in [0.1, 0.15) is 0 Å². The lowest BCUT2D eigenvalue weighted by Crippen LogP contribution is -2.06. The molecule has 0 aliphatic carbocycles. The molecule has 1 saturated heterocycles. The lowest BCUT2D eigenvalue weighted by molar-refractivity contribution is -0.137. The van der Waals surface area contributed by atoms with E-state index >= 15 is 0 Å². The molecule has 40 valence electrons. The van der Waals surface area contributed by atoms with Gasteiger partial charge in [0.2, 0.25) is 0 Å². The minimum absolute atomic E-state index is 0.0694. The topological polar surface area (TPSA) is 50.1 Å². The Kier molecular flexibility index (Phi) is 1.08. The molecule has 1 unspecified atom stereocenters. The van der Waals surface area contributed by atoms with Gasteiger partial charge in [-0.05, 0) is 0 Å². The molecule has 8 heavy (non-hydrogen) atoms. The second kappa shape index (κ2) is 1.61. The van der Waals surface area contributed by atoms with E-state index in [0.29, 0.717) is 0 Å². The average Bonchev–Trinajstić information content (AvgIpc) is 1.98. The molecule has 2 radical (unpaired) electrons. The van der Waals surface area contributed by atoms with Gasteiger partial charge in [-0.1, -0.05) is 0 Å². The molecule has 3 nitrogen and oxygen atoms in total. The highest BCUT2D eigenvalue weighted by atomic mass is 16.5. The molecule has 0 aromatic heterocycles. The number of ether oxygens (including phenoxy) is 1. The molecule has 0 aromatic carbocycles. The third-order valence-corrected chi connectivity index (χ3v) is 0.999. The fraction of sp³-hybridized carbons (Fsp3) is 0.500. The van der Waals surface area contributed by atoms with Gasteiger partial charge in [0.1, 0.15) is 6.61 Å². The second-order valence-corrected chi connectivity index (χ2v) is 1.61. The molecule has 0 aromatic rings. The summed E-state index contributed by atoms with van der Waals surface area (Å²) in [5, 5.41) is 6.91. The van der Waals surface area contributed by atoms with Crippen molar-refractivity contribution in [2.75, 3.05) is 6.61 Å². The summed E-state index contributed by atoms with van der Waals surface area (Å²) in [6.45, 7) is 0.0694. The number of carbonyl (C=O) groups excluding carboxylic acids is 1. The molecule has 1 fully saturated rings. The predicted octanol–water partition coefficient (Wildman–Crippen LogP) is -0.480. The van der Waals surface area contributed by atoms with Gasteiger partial charge in [0.15, 0.2) is 0 Å². The summed E-state index contributed by atoms with van der Waals surface area (Å²) in [4.78, 5) is 10.3. The van der Waals surface area contributed by atoms with Crippen LogP contribution in [0.4, 0.5) is 0 Å². The molecule has 4 heteroatoms. The predicted molar refractivity (Wildman–Crippen MR) is 28.2 cm³/mol. The Morgan fingerprint density at radius 3 is 2.62 bits per heavy atom. The Labute approximate surface area is 47.9 Å². The van der Waals surface area contributed by atoms with Crippen LogP contribution < -0.4 is 0 Å². The third-order valence-electron chi connectivity index (χ3n) is 0.999. The van der Waals surface area contributed by atoms with Gasteiger partial charge >= 0.3 is 5.97 Å². The van der Waals surface area contributed by atoms with Gasteiger partial charge in [-0.25, -0.2) is 0 Å². The van der Waals surface area contributed by atoms with Crippen molar-refractivity contribution in [3.05, 3.63) is 0 Å². The smallest absolute Gasteiger partial charge is 0.306 e. The number of esters is 1. The van der Waals surface area contributed by atoms with Crippen LogP contribution in [0.3, 0.4) is 0 Å². The number of rotatable bonds is 0. The monoisotopic (exact) mass is 109 g/mol. The average molecular weight is 109 g/mol. The van der Waals surface area contributed by atoms with E-state index in [-0.39, 0.29) is 12.3 Å².